The number of carbonyl (C=O) groups is 2. The first kappa shape index (κ1) is 41.8. The lowest BCUT2D eigenvalue weighted by Gasteiger charge is -2.44. The van der Waals surface area contributed by atoms with Crippen molar-refractivity contribution >= 4 is 40.8 Å². The highest BCUT2D eigenvalue weighted by atomic mass is 35.5. The van der Waals surface area contributed by atoms with Gasteiger partial charge in [-0.15, -0.1) is 0 Å². The van der Waals surface area contributed by atoms with Crippen molar-refractivity contribution in [1.29, 1.82) is 0 Å². The number of hydrogen-bond donors (Lipinski definition) is 1. The van der Waals surface area contributed by atoms with Crippen LogP contribution in [0.1, 0.15) is 70.9 Å². The number of carboxylic acids is 1. The molecule has 2 aliphatic rings. The Labute approximate surface area is 366 Å². The Hall–Kier alpha value is -5.87. The molecule has 6 aromatic rings. The smallest absolute Gasteiger partial charge is 0.305 e. The van der Waals surface area contributed by atoms with Crippen LogP contribution in [0.25, 0.3) is 11.1 Å². The number of carboxylic acid groups (broad SMARTS) is 1. The highest BCUT2D eigenvalue weighted by molar-refractivity contribution is 6.42. The number of halogens is 2. The van der Waals surface area contributed by atoms with E-state index in [1.807, 2.05) is 92.7 Å². The minimum absolute atomic E-state index is 0.111. The highest BCUT2D eigenvalue weighted by Gasteiger charge is 2.41. The Morgan fingerprint density at radius 1 is 0.852 bits per heavy atom. The quantitative estimate of drug-likeness (QED) is 0.123. The number of fused-ring (bicyclic) bond motifs is 2. The molecule has 5 aromatic carbocycles. The summed E-state index contributed by atoms with van der Waals surface area (Å²) in [6.07, 6.45) is 2.59. The number of carbonyl (C=O) groups excluding carboxylic acids is 1. The largest absolute Gasteiger partial charge is 0.489 e. The summed E-state index contributed by atoms with van der Waals surface area (Å²) >= 11 is 12.4. The van der Waals surface area contributed by atoms with Gasteiger partial charge in [-0.25, -0.2) is 0 Å². The average Bonchev–Trinajstić information content (AvgIpc) is 3.27. The zero-order valence-corrected chi connectivity index (χ0v) is 35.8. The maximum Gasteiger partial charge on any atom is 0.305 e. The molecule has 9 nitrogen and oxygen atoms in total. The van der Waals surface area contributed by atoms with Crippen molar-refractivity contribution in [3.63, 3.8) is 0 Å². The maximum absolute atomic E-state index is 15.9. The fraction of sp³-hybridized carbons (Fsp3) is 0.260. The standard InChI is InChI=1S/C50H47Cl2N3O6/c1-4-44(35-8-6-5-7-9-35)54-29-38-27-48-47(59-22-23-60-48)26-37(38)25-46(54)50(58)55(39-15-17-40(18-16-39)61-30-33-10-19-42(51)43(52)24-33)45(28-49(56)57)36-13-11-34(12-14-36)41-20-21-53-32(3)31(41)2/h5-21,24,26-27,44-46H,4,22-23,25,28-30H2,1-3H3,(H,56,57)/t44-,45-,46-/m0/s1. The van der Waals surface area contributed by atoms with Gasteiger partial charge in [0, 0.05) is 30.2 Å². The molecule has 0 aliphatic carbocycles. The average molecular weight is 857 g/mol. The Balaban J connectivity index is 1.22. The number of ether oxygens (including phenoxy) is 3. The first-order valence-electron chi connectivity index (χ1n) is 20.5. The van der Waals surface area contributed by atoms with Crippen molar-refractivity contribution in [3.05, 3.63) is 171 Å². The van der Waals surface area contributed by atoms with Crippen molar-refractivity contribution in [1.82, 2.24) is 9.88 Å². The molecule has 1 amide bonds. The van der Waals surface area contributed by atoms with Crippen LogP contribution in [0.3, 0.4) is 0 Å². The molecule has 0 spiro atoms. The second kappa shape index (κ2) is 18.4. The molecule has 0 radical (unpaired) electrons. The monoisotopic (exact) mass is 855 g/mol. The van der Waals surface area contributed by atoms with Crippen LogP contribution in [0.2, 0.25) is 10.0 Å². The number of amides is 1. The molecule has 0 fully saturated rings. The second-order valence-electron chi connectivity index (χ2n) is 15.5. The fourth-order valence-electron chi connectivity index (χ4n) is 8.52. The summed E-state index contributed by atoms with van der Waals surface area (Å²) in [5, 5.41) is 11.4. The molecule has 8 rings (SSSR count). The van der Waals surface area contributed by atoms with Gasteiger partial charge in [-0.3, -0.25) is 19.5 Å². The third-order valence-corrected chi connectivity index (χ3v) is 12.5. The lowest BCUT2D eigenvalue weighted by Crippen LogP contribution is -2.53. The number of anilines is 1. The molecule has 0 saturated carbocycles. The molecular formula is C50H47Cl2N3O6. The zero-order chi connectivity index (χ0) is 42.6. The molecule has 3 atom stereocenters. The van der Waals surface area contributed by atoms with Crippen LogP contribution in [-0.2, 0) is 29.2 Å². The van der Waals surface area contributed by atoms with Crippen LogP contribution in [-0.4, -0.2) is 46.1 Å². The van der Waals surface area contributed by atoms with E-state index < -0.39 is 18.1 Å². The van der Waals surface area contributed by atoms with E-state index in [9.17, 15) is 9.90 Å². The van der Waals surface area contributed by atoms with Gasteiger partial charge in [0.05, 0.1) is 28.5 Å². The lowest BCUT2D eigenvalue weighted by molar-refractivity contribution is -0.137. The Morgan fingerprint density at radius 2 is 1.56 bits per heavy atom. The number of pyridine rings is 1. The van der Waals surface area contributed by atoms with Crippen molar-refractivity contribution in [2.24, 2.45) is 0 Å². The number of aryl methyl sites for hydroxylation is 1. The van der Waals surface area contributed by atoms with E-state index in [1.54, 1.807) is 35.4 Å². The van der Waals surface area contributed by atoms with Gasteiger partial charge in [-0.2, -0.15) is 0 Å². The van der Waals surface area contributed by atoms with Crippen molar-refractivity contribution in [2.75, 3.05) is 18.1 Å². The number of aromatic nitrogens is 1. The van der Waals surface area contributed by atoms with Gasteiger partial charge >= 0.3 is 5.97 Å². The van der Waals surface area contributed by atoms with Gasteiger partial charge in [-0.05, 0) is 126 Å². The second-order valence-corrected chi connectivity index (χ2v) is 16.3. The van der Waals surface area contributed by atoms with Gasteiger partial charge in [0.2, 0.25) is 5.91 Å². The Kier molecular flexibility index (Phi) is 12.6. The summed E-state index contributed by atoms with van der Waals surface area (Å²) < 4.78 is 18.1. The lowest BCUT2D eigenvalue weighted by atomic mass is 9.88. The first-order chi connectivity index (χ1) is 29.6. The van der Waals surface area contributed by atoms with Gasteiger partial charge < -0.3 is 24.2 Å². The van der Waals surface area contributed by atoms with Crippen molar-refractivity contribution in [3.8, 4) is 28.4 Å². The van der Waals surface area contributed by atoms with Crippen LogP contribution in [0.15, 0.2) is 121 Å². The van der Waals surface area contributed by atoms with Gasteiger partial charge in [-0.1, -0.05) is 90.8 Å². The maximum atomic E-state index is 15.9. The molecule has 0 unspecified atom stereocenters. The molecule has 11 heteroatoms. The number of rotatable bonds is 13. The summed E-state index contributed by atoms with van der Waals surface area (Å²) in [4.78, 5) is 37.1. The van der Waals surface area contributed by atoms with E-state index in [-0.39, 0.29) is 25.0 Å². The van der Waals surface area contributed by atoms with Crippen LogP contribution in [0.4, 0.5) is 5.69 Å². The van der Waals surface area contributed by atoms with Crippen molar-refractivity contribution < 1.29 is 28.9 Å². The minimum Gasteiger partial charge on any atom is -0.489 e. The number of benzene rings is 5. The summed E-state index contributed by atoms with van der Waals surface area (Å²) in [6.45, 7) is 7.80. The van der Waals surface area contributed by atoms with E-state index in [2.05, 4.69) is 28.9 Å². The molecule has 3 heterocycles. The normalized spacial score (nSPS) is 15.7. The molecule has 1 aromatic heterocycles. The molecule has 61 heavy (non-hydrogen) atoms. The van der Waals surface area contributed by atoms with Crippen molar-refractivity contribution in [2.45, 2.75) is 71.3 Å². The molecule has 2 aliphatic heterocycles. The Morgan fingerprint density at radius 3 is 2.23 bits per heavy atom. The van der Waals surface area contributed by atoms with Crippen LogP contribution >= 0.6 is 23.2 Å². The molecule has 0 saturated heterocycles. The molecule has 312 valence electrons. The van der Waals surface area contributed by atoms with Crippen LogP contribution in [0.5, 0.6) is 17.2 Å². The molecule has 0 bridgehead atoms. The first-order valence-corrected chi connectivity index (χ1v) is 21.3. The van der Waals surface area contributed by atoms with Crippen LogP contribution < -0.4 is 19.1 Å². The fourth-order valence-corrected chi connectivity index (χ4v) is 8.84. The topological polar surface area (TPSA) is 101 Å². The minimum atomic E-state index is -1.03. The van der Waals surface area contributed by atoms with E-state index in [1.165, 1.54) is 0 Å². The number of hydrogen-bond acceptors (Lipinski definition) is 7. The summed E-state index contributed by atoms with van der Waals surface area (Å²) in [5.41, 5.74) is 9.25. The summed E-state index contributed by atoms with van der Waals surface area (Å²) in [7, 11) is 0. The predicted octanol–water partition coefficient (Wildman–Crippen LogP) is 11.1. The summed E-state index contributed by atoms with van der Waals surface area (Å²) in [5.74, 6) is 0.693. The summed E-state index contributed by atoms with van der Waals surface area (Å²) in [6, 6.07) is 35.1. The van der Waals surface area contributed by atoms with E-state index >= 15 is 4.79 Å². The van der Waals surface area contributed by atoms with Gasteiger partial charge in [0.15, 0.2) is 11.5 Å². The third-order valence-electron chi connectivity index (χ3n) is 11.8. The third kappa shape index (κ3) is 9.10. The van der Waals surface area contributed by atoms with E-state index in [4.69, 9.17) is 37.4 Å². The molecule has 1 N–H and O–H groups in total. The SMILES string of the molecule is CC[C@@H](c1ccccc1)N1Cc2cc3c(cc2C[C@H]1C(=O)N(c1ccc(OCc2ccc(Cl)c(Cl)c2)cc1)[C@@H](CC(=O)O)c1ccc(-c2ccnc(C)c2C)cc1)OCCO3. The van der Waals surface area contributed by atoms with E-state index in [0.29, 0.717) is 64.7 Å². The van der Waals surface area contributed by atoms with Gasteiger partial charge in [0.25, 0.3) is 0 Å². The predicted molar refractivity (Wildman–Crippen MR) is 239 cm³/mol. The number of nitrogens with zero attached hydrogens (tertiary/aromatic N) is 3. The van der Waals surface area contributed by atoms with E-state index in [0.717, 1.165) is 51.1 Å². The van der Waals surface area contributed by atoms with Crippen LogP contribution in [0, 0.1) is 13.8 Å². The zero-order valence-electron chi connectivity index (χ0n) is 34.3. The molecular weight excluding hydrogens is 809 g/mol. The van der Waals surface area contributed by atoms with Gasteiger partial charge in [0.1, 0.15) is 25.6 Å². The number of aliphatic carboxylic acids is 1. The highest BCUT2D eigenvalue weighted by Crippen LogP contribution is 2.42. The Bertz CT molecular complexity index is 2530.